The Hall–Kier alpha value is -1.13. The molecule has 4 heteroatoms. The molecule has 0 aromatic heterocycles. The molecule has 2 N–H and O–H groups in total. The van der Waals surface area contributed by atoms with Crippen LogP contribution in [0, 0.1) is 12.8 Å². The predicted molar refractivity (Wildman–Crippen MR) is 88.5 cm³/mol. The number of anilines is 1. The van der Waals surface area contributed by atoms with Crippen LogP contribution in [0.1, 0.15) is 30.9 Å². The third-order valence-electron chi connectivity index (χ3n) is 4.12. The summed E-state index contributed by atoms with van der Waals surface area (Å²) in [5.74, 6) is 0.783. The van der Waals surface area contributed by atoms with Crippen LogP contribution in [0.15, 0.2) is 18.2 Å². The fourth-order valence-electron chi connectivity index (χ4n) is 2.78. The number of hydrogen-bond acceptors (Lipinski definition) is 3. The van der Waals surface area contributed by atoms with Gasteiger partial charge in [-0.15, -0.1) is 0 Å². The Morgan fingerprint density at radius 2 is 2.20 bits per heavy atom. The normalized spacial score (nSPS) is 15.9. The molecule has 1 unspecified atom stereocenters. The highest BCUT2D eigenvalue weighted by Crippen LogP contribution is 2.38. The zero-order valence-electron chi connectivity index (χ0n) is 12.6. The Balaban J connectivity index is 2.38. The first kappa shape index (κ1) is 15.3. The maximum absolute atomic E-state index is 5.92. The minimum absolute atomic E-state index is 0.467. The topological polar surface area (TPSA) is 38.5 Å². The molecule has 0 bridgehead atoms. The summed E-state index contributed by atoms with van der Waals surface area (Å²) < 4.78 is 5.28. The Bertz CT molecular complexity index is 485. The standard InChI is InChI=1S/C16H24N2OS/c1-11-5-4-6-14(16(17)20)15(11)18(9-10-19-3)12(2)13-7-8-13/h4-6,12-13H,7-10H2,1-3H3,(H2,17,20). The van der Waals surface area contributed by atoms with Gasteiger partial charge in [-0.2, -0.15) is 0 Å². The summed E-state index contributed by atoms with van der Waals surface area (Å²) in [6.45, 7) is 6.00. The van der Waals surface area contributed by atoms with Crippen LogP contribution in [0.5, 0.6) is 0 Å². The fourth-order valence-corrected chi connectivity index (χ4v) is 2.95. The van der Waals surface area contributed by atoms with E-state index in [9.17, 15) is 0 Å². The monoisotopic (exact) mass is 292 g/mol. The molecule has 0 radical (unpaired) electrons. The number of ether oxygens (including phenoxy) is 1. The number of hydrogen-bond donors (Lipinski definition) is 1. The molecule has 1 saturated carbocycles. The molecule has 1 fully saturated rings. The molecule has 0 aliphatic heterocycles. The third-order valence-corrected chi connectivity index (χ3v) is 4.34. The lowest BCUT2D eigenvalue weighted by atomic mass is 10.0. The number of para-hydroxylation sites is 1. The van der Waals surface area contributed by atoms with Crippen molar-refractivity contribution in [3.63, 3.8) is 0 Å². The van der Waals surface area contributed by atoms with Crippen molar-refractivity contribution in [2.75, 3.05) is 25.2 Å². The molecule has 0 spiro atoms. The van der Waals surface area contributed by atoms with E-state index in [2.05, 4.69) is 24.8 Å². The quantitative estimate of drug-likeness (QED) is 0.784. The van der Waals surface area contributed by atoms with E-state index in [4.69, 9.17) is 22.7 Å². The molecule has 0 amide bonds. The van der Waals surface area contributed by atoms with Gasteiger partial charge in [-0.1, -0.05) is 24.4 Å². The van der Waals surface area contributed by atoms with E-state index in [1.807, 2.05) is 12.1 Å². The van der Waals surface area contributed by atoms with Gasteiger partial charge >= 0.3 is 0 Å². The molecule has 3 nitrogen and oxygen atoms in total. The van der Waals surface area contributed by atoms with Crippen LogP contribution in [0.2, 0.25) is 0 Å². The van der Waals surface area contributed by atoms with E-state index in [-0.39, 0.29) is 0 Å². The van der Waals surface area contributed by atoms with Crippen LogP contribution in [-0.2, 0) is 4.74 Å². The number of rotatable bonds is 7. The van der Waals surface area contributed by atoms with Crippen molar-refractivity contribution in [1.29, 1.82) is 0 Å². The lowest BCUT2D eigenvalue weighted by Gasteiger charge is -2.34. The van der Waals surface area contributed by atoms with Gasteiger partial charge in [0.05, 0.1) is 12.3 Å². The molecule has 20 heavy (non-hydrogen) atoms. The summed E-state index contributed by atoms with van der Waals surface area (Å²) in [7, 11) is 1.74. The number of nitrogens with two attached hydrogens (primary N) is 1. The number of nitrogens with zero attached hydrogens (tertiary/aromatic N) is 1. The molecular formula is C16H24N2OS. The molecule has 2 rings (SSSR count). The highest BCUT2D eigenvalue weighted by atomic mass is 32.1. The molecule has 1 aliphatic rings. The maximum Gasteiger partial charge on any atom is 0.106 e. The van der Waals surface area contributed by atoms with Gasteiger partial charge in [-0.25, -0.2) is 0 Å². The number of thiocarbonyl (C=S) groups is 1. The van der Waals surface area contributed by atoms with Gasteiger partial charge in [0.25, 0.3) is 0 Å². The van der Waals surface area contributed by atoms with E-state index in [1.54, 1.807) is 7.11 Å². The third kappa shape index (κ3) is 3.30. The van der Waals surface area contributed by atoms with Crippen molar-refractivity contribution in [3.05, 3.63) is 29.3 Å². The molecule has 1 aliphatic carbocycles. The first-order valence-corrected chi connectivity index (χ1v) is 7.62. The Morgan fingerprint density at radius 3 is 2.75 bits per heavy atom. The van der Waals surface area contributed by atoms with Gasteiger partial charge in [-0.3, -0.25) is 0 Å². The van der Waals surface area contributed by atoms with Crippen LogP contribution in [-0.4, -0.2) is 31.3 Å². The second-order valence-electron chi connectivity index (χ2n) is 5.60. The smallest absolute Gasteiger partial charge is 0.106 e. The summed E-state index contributed by atoms with van der Waals surface area (Å²) in [6, 6.07) is 6.66. The number of methoxy groups -OCH3 is 1. The summed E-state index contributed by atoms with van der Waals surface area (Å²) in [6.07, 6.45) is 2.64. The molecule has 1 atom stereocenters. The first-order chi connectivity index (χ1) is 9.56. The van der Waals surface area contributed by atoms with Gasteiger partial charge in [-0.05, 0) is 44.2 Å². The average Bonchev–Trinajstić information content (AvgIpc) is 3.24. The Kier molecular flexibility index (Phi) is 5.00. The summed E-state index contributed by atoms with van der Waals surface area (Å²) >= 11 is 5.23. The zero-order chi connectivity index (χ0) is 14.7. The van der Waals surface area contributed by atoms with Crippen molar-refractivity contribution in [2.45, 2.75) is 32.7 Å². The molecule has 1 aromatic carbocycles. The summed E-state index contributed by atoms with van der Waals surface area (Å²) in [5.41, 5.74) is 9.29. The zero-order valence-corrected chi connectivity index (χ0v) is 13.4. The highest BCUT2D eigenvalue weighted by molar-refractivity contribution is 7.80. The highest BCUT2D eigenvalue weighted by Gasteiger charge is 2.33. The molecule has 0 saturated heterocycles. The van der Waals surface area contributed by atoms with Crippen molar-refractivity contribution in [1.82, 2.24) is 0 Å². The van der Waals surface area contributed by atoms with Crippen molar-refractivity contribution < 1.29 is 4.74 Å². The molecule has 0 heterocycles. The lowest BCUT2D eigenvalue weighted by Crippen LogP contribution is -2.39. The van der Waals surface area contributed by atoms with Crippen LogP contribution in [0.3, 0.4) is 0 Å². The number of aryl methyl sites for hydroxylation is 1. The maximum atomic E-state index is 5.92. The predicted octanol–water partition coefficient (Wildman–Crippen LogP) is 2.88. The Morgan fingerprint density at radius 1 is 1.50 bits per heavy atom. The van der Waals surface area contributed by atoms with Gasteiger partial charge in [0.2, 0.25) is 0 Å². The van der Waals surface area contributed by atoms with Gasteiger partial charge in [0, 0.05) is 25.3 Å². The molecule has 1 aromatic rings. The second kappa shape index (κ2) is 6.55. The number of benzene rings is 1. The SMILES string of the molecule is COCCN(c1c(C)cccc1C(N)=S)C(C)C1CC1. The van der Waals surface area contributed by atoms with Crippen LogP contribution >= 0.6 is 12.2 Å². The van der Waals surface area contributed by atoms with Crippen LogP contribution < -0.4 is 10.6 Å². The summed E-state index contributed by atoms with van der Waals surface area (Å²) in [4.78, 5) is 2.89. The molecular weight excluding hydrogens is 268 g/mol. The van der Waals surface area contributed by atoms with Crippen LogP contribution in [0.4, 0.5) is 5.69 Å². The van der Waals surface area contributed by atoms with Gasteiger partial charge in [0.1, 0.15) is 4.99 Å². The van der Waals surface area contributed by atoms with Crippen molar-refractivity contribution >= 4 is 22.9 Å². The average molecular weight is 292 g/mol. The minimum atomic E-state index is 0.467. The van der Waals surface area contributed by atoms with E-state index in [1.165, 1.54) is 24.1 Å². The van der Waals surface area contributed by atoms with Gasteiger partial charge < -0.3 is 15.4 Å². The van der Waals surface area contributed by atoms with Crippen LogP contribution in [0.25, 0.3) is 0 Å². The first-order valence-electron chi connectivity index (χ1n) is 7.21. The Labute approximate surface area is 127 Å². The summed E-state index contributed by atoms with van der Waals surface area (Å²) in [5, 5.41) is 0. The lowest BCUT2D eigenvalue weighted by molar-refractivity contribution is 0.202. The van der Waals surface area contributed by atoms with Gasteiger partial charge in [0.15, 0.2) is 0 Å². The minimum Gasteiger partial charge on any atom is -0.389 e. The van der Waals surface area contributed by atoms with E-state index >= 15 is 0 Å². The fraction of sp³-hybridized carbons (Fsp3) is 0.562. The molecule has 110 valence electrons. The van der Waals surface area contributed by atoms with E-state index in [0.717, 1.165) is 18.0 Å². The second-order valence-corrected chi connectivity index (χ2v) is 6.04. The van der Waals surface area contributed by atoms with E-state index < -0.39 is 0 Å². The largest absolute Gasteiger partial charge is 0.389 e. The van der Waals surface area contributed by atoms with Crippen molar-refractivity contribution in [2.24, 2.45) is 11.7 Å². The van der Waals surface area contributed by atoms with Crippen molar-refractivity contribution in [3.8, 4) is 0 Å². The van der Waals surface area contributed by atoms with E-state index in [0.29, 0.717) is 17.6 Å².